The monoisotopic (exact) mass is 317 g/mol. The summed E-state index contributed by atoms with van der Waals surface area (Å²) in [6, 6.07) is 12.0. The zero-order chi connectivity index (χ0) is 15.5. The molecule has 0 aliphatic rings. The fraction of sp³-hybridized carbons (Fsp3) is 0.353. The summed E-state index contributed by atoms with van der Waals surface area (Å²) >= 11 is 1.70. The minimum absolute atomic E-state index is 0.695. The normalized spacial score (nSPS) is 11.2. The molecule has 2 N–H and O–H groups in total. The van der Waals surface area contributed by atoms with Crippen LogP contribution in [0.5, 0.6) is 5.75 Å². The molecule has 2 aromatic rings. The number of benzene rings is 1. The van der Waals surface area contributed by atoms with Gasteiger partial charge in [-0.2, -0.15) is 11.3 Å². The second-order valence-electron chi connectivity index (χ2n) is 4.77. The highest BCUT2D eigenvalue weighted by atomic mass is 32.1. The molecule has 0 fully saturated rings. The second kappa shape index (κ2) is 9.84. The van der Waals surface area contributed by atoms with E-state index in [0.29, 0.717) is 13.2 Å². The number of ether oxygens (including phenoxy) is 1. The van der Waals surface area contributed by atoms with Crippen molar-refractivity contribution in [1.29, 1.82) is 0 Å². The van der Waals surface area contributed by atoms with Gasteiger partial charge in [-0.3, -0.25) is 0 Å². The Bertz CT molecular complexity index is 540. The van der Waals surface area contributed by atoms with E-state index in [2.05, 4.69) is 39.4 Å². The Morgan fingerprint density at radius 3 is 2.77 bits per heavy atom. The zero-order valence-corrected chi connectivity index (χ0v) is 13.7. The molecule has 5 heteroatoms. The molecule has 22 heavy (non-hydrogen) atoms. The van der Waals surface area contributed by atoms with E-state index in [1.807, 2.05) is 30.3 Å². The molecular formula is C17H23N3OS. The van der Waals surface area contributed by atoms with Crippen LogP contribution < -0.4 is 15.4 Å². The van der Waals surface area contributed by atoms with Crippen LogP contribution in [0.4, 0.5) is 0 Å². The number of para-hydroxylation sites is 1. The van der Waals surface area contributed by atoms with Crippen molar-refractivity contribution in [3.63, 3.8) is 0 Å². The Morgan fingerprint density at radius 2 is 2.05 bits per heavy atom. The summed E-state index contributed by atoms with van der Waals surface area (Å²) in [6.07, 6.45) is 0.928. The van der Waals surface area contributed by atoms with Crippen molar-refractivity contribution < 1.29 is 4.74 Å². The first-order chi connectivity index (χ1) is 10.9. The maximum absolute atomic E-state index is 5.67. The van der Waals surface area contributed by atoms with Crippen LogP contribution in [0.2, 0.25) is 0 Å². The third-order valence-corrected chi connectivity index (χ3v) is 3.70. The topological polar surface area (TPSA) is 45.7 Å². The van der Waals surface area contributed by atoms with E-state index in [4.69, 9.17) is 4.74 Å². The van der Waals surface area contributed by atoms with Crippen LogP contribution in [0.15, 0.2) is 52.2 Å². The zero-order valence-electron chi connectivity index (χ0n) is 12.9. The Morgan fingerprint density at radius 1 is 1.18 bits per heavy atom. The van der Waals surface area contributed by atoms with Gasteiger partial charge in [0, 0.05) is 13.1 Å². The summed E-state index contributed by atoms with van der Waals surface area (Å²) in [6.45, 7) is 5.17. The van der Waals surface area contributed by atoms with Crippen LogP contribution in [0.1, 0.15) is 18.9 Å². The number of hydrogen-bond donors (Lipinski definition) is 2. The second-order valence-corrected chi connectivity index (χ2v) is 5.55. The predicted octanol–water partition coefficient (Wildman–Crippen LogP) is 3.27. The maximum Gasteiger partial charge on any atom is 0.191 e. The molecular weight excluding hydrogens is 294 g/mol. The summed E-state index contributed by atoms with van der Waals surface area (Å²) in [5.74, 6) is 1.77. The summed E-state index contributed by atoms with van der Waals surface area (Å²) in [5, 5.41) is 10.8. The molecule has 0 bridgehead atoms. The molecule has 2 rings (SSSR count). The Balaban J connectivity index is 1.66. The molecule has 0 radical (unpaired) electrons. The molecule has 118 valence electrons. The van der Waals surface area contributed by atoms with Crippen molar-refractivity contribution in [1.82, 2.24) is 10.6 Å². The summed E-state index contributed by atoms with van der Waals surface area (Å²) in [7, 11) is 0. The number of nitrogens with zero attached hydrogens (tertiary/aromatic N) is 1. The van der Waals surface area contributed by atoms with Gasteiger partial charge in [0.15, 0.2) is 5.96 Å². The van der Waals surface area contributed by atoms with E-state index in [1.165, 1.54) is 5.56 Å². The van der Waals surface area contributed by atoms with Crippen LogP contribution in [0.25, 0.3) is 0 Å². The summed E-state index contributed by atoms with van der Waals surface area (Å²) in [4.78, 5) is 4.57. The van der Waals surface area contributed by atoms with Crippen molar-refractivity contribution in [2.45, 2.75) is 19.9 Å². The number of hydrogen-bond acceptors (Lipinski definition) is 3. The van der Waals surface area contributed by atoms with Crippen LogP contribution in [-0.4, -0.2) is 25.7 Å². The first-order valence-electron chi connectivity index (χ1n) is 7.59. The highest BCUT2D eigenvalue weighted by Crippen LogP contribution is 2.08. The highest BCUT2D eigenvalue weighted by molar-refractivity contribution is 7.07. The SMILES string of the molecule is CCNC(=NCc1ccsc1)NCCCOc1ccccc1. The van der Waals surface area contributed by atoms with Crippen LogP contribution in [0, 0.1) is 0 Å². The average molecular weight is 317 g/mol. The number of aliphatic imine (C=N–C) groups is 1. The Hall–Kier alpha value is -2.01. The van der Waals surface area contributed by atoms with Gasteiger partial charge < -0.3 is 15.4 Å². The van der Waals surface area contributed by atoms with Gasteiger partial charge in [0.2, 0.25) is 0 Å². The van der Waals surface area contributed by atoms with Crippen molar-refractivity contribution in [2.24, 2.45) is 4.99 Å². The highest BCUT2D eigenvalue weighted by Gasteiger charge is 1.98. The van der Waals surface area contributed by atoms with E-state index in [1.54, 1.807) is 11.3 Å². The molecule has 0 saturated heterocycles. The van der Waals surface area contributed by atoms with E-state index in [-0.39, 0.29) is 0 Å². The Kier molecular flexibility index (Phi) is 7.32. The fourth-order valence-electron chi connectivity index (χ4n) is 1.88. The lowest BCUT2D eigenvalue weighted by atomic mass is 10.3. The smallest absolute Gasteiger partial charge is 0.191 e. The van der Waals surface area contributed by atoms with Gasteiger partial charge in [0.1, 0.15) is 5.75 Å². The fourth-order valence-corrected chi connectivity index (χ4v) is 2.54. The number of rotatable bonds is 8. The van der Waals surface area contributed by atoms with Gasteiger partial charge >= 0.3 is 0 Å². The van der Waals surface area contributed by atoms with Crippen molar-refractivity contribution in [3.8, 4) is 5.75 Å². The lowest BCUT2D eigenvalue weighted by Gasteiger charge is -2.11. The molecule has 0 aliphatic carbocycles. The predicted molar refractivity (Wildman–Crippen MR) is 93.7 cm³/mol. The van der Waals surface area contributed by atoms with Gasteiger partial charge in [-0.15, -0.1) is 0 Å². The van der Waals surface area contributed by atoms with Gasteiger partial charge in [-0.05, 0) is 47.9 Å². The molecule has 0 aliphatic heterocycles. The molecule has 0 atom stereocenters. The first-order valence-corrected chi connectivity index (χ1v) is 8.54. The third-order valence-electron chi connectivity index (χ3n) is 2.97. The molecule has 0 saturated carbocycles. The van der Waals surface area contributed by atoms with Gasteiger partial charge in [0.05, 0.1) is 13.2 Å². The minimum atomic E-state index is 0.695. The maximum atomic E-state index is 5.67. The molecule has 0 unspecified atom stereocenters. The number of nitrogens with one attached hydrogen (secondary N) is 2. The van der Waals surface area contributed by atoms with Gasteiger partial charge in [-0.1, -0.05) is 18.2 Å². The standard InChI is InChI=1S/C17H23N3OS/c1-2-18-17(20-13-15-9-12-22-14-15)19-10-6-11-21-16-7-4-3-5-8-16/h3-5,7-9,12,14H,2,6,10-11,13H2,1H3,(H2,18,19,20). The lowest BCUT2D eigenvalue weighted by molar-refractivity contribution is 0.311. The molecule has 1 heterocycles. The van der Waals surface area contributed by atoms with E-state index < -0.39 is 0 Å². The van der Waals surface area contributed by atoms with Crippen molar-refractivity contribution in [2.75, 3.05) is 19.7 Å². The summed E-state index contributed by atoms with van der Waals surface area (Å²) < 4.78 is 5.67. The van der Waals surface area contributed by atoms with Crippen LogP contribution in [-0.2, 0) is 6.54 Å². The average Bonchev–Trinajstić information content (AvgIpc) is 3.06. The molecule has 4 nitrogen and oxygen atoms in total. The lowest BCUT2D eigenvalue weighted by Crippen LogP contribution is -2.38. The molecule has 0 amide bonds. The largest absolute Gasteiger partial charge is 0.494 e. The van der Waals surface area contributed by atoms with Crippen LogP contribution >= 0.6 is 11.3 Å². The van der Waals surface area contributed by atoms with Crippen molar-refractivity contribution in [3.05, 3.63) is 52.7 Å². The van der Waals surface area contributed by atoms with E-state index in [9.17, 15) is 0 Å². The van der Waals surface area contributed by atoms with Gasteiger partial charge in [-0.25, -0.2) is 4.99 Å². The third kappa shape index (κ3) is 6.18. The van der Waals surface area contributed by atoms with Gasteiger partial charge in [0.25, 0.3) is 0 Å². The minimum Gasteiger partial charge on any atom is -0.494 e. The van der Waals surface area contributed by atoms with Crippen molar-refractivity contribution >= 4 is 17.3 Å². The number of guanidine groups is 1. The quantitative estimate of drug-likeness (QED) is 0.446. The Labute approximate surface area is 136 Å². The number of thiophene rings is 1. The first kappa shape index (κ1) is 16.4. The van der Waals surface area contributed by atoms with Crippen LogP contribution in [0.3, 0.4) is 0 Å². The molecule has 1 aromatic carbocycles. The summed E-state index contributed by atoms with van der Waals surface area (Å²) in [5.41, 5.74) is 1.25. The molecule has 0 spiro atoms. The van der Waals surface area contributed by atoms with E-state index in [0.717, 1.165) is 31.2 Å². The molecule has 1 aromatic heterocycles. The van der Waals surface area contributed by atoms with E-state index >= 15 is 0 Å².